The van der Waals surface area contributed by atoms with Gasteiger partial charge in [-0.3, -0.25) is 9.59 Å². The van der Waals surface area contributed by atoms with Crippen molar-refractivity contribution in [2.45, 2.75) is 52.3 Å². The number of aliphatic hydroxyl groups is 2. The average Bonchev–Trinajstić information content (AvgIpc) is 2.85. The van der Waals surface area contributed by atoms with E-state index in [1.165, 1.54) is 12.2 Å². The molecule has 4 aliphatic rings. The van der Waals surface area contributed by atoms with Gasteiger partial charge >= 0.3 is 0 Å². The van der Waals surface area contributed by atoms with Gasteiger partial charge in [-0.15, -0.1) is 0 Å². The number of allylic oxidation sites excluding steroid dienone is 4. The van der Waals surface area contributed by atoms with Crippen molar-refractivity contribution in [3.8, 4) is 0 Å². The summed E-state index contributed by atoms with van der Waals surface area (Å²) in [4.78, 5) is 24.3. The lowest BCUT2D eigenvalue weighted by atomic mass is 9.46. The molecule has 9 atom stereocenters. The first-order chi connectivity index (χ1) is 12.6. The number of ketones is 2. The summed E-state index contributed by atoms with van der Waals surface area (Å²) in [5.74, 6) is -0.626. The van der Waals surface area contributed by atoms with Crippen LogP contribution in [0.1, 0.15) is 40.0 Å². The van der Waals surface area contributed by atoms with Crippen LogP contribution in [-0.2, 0) is 9.59 Å². The maximum Gasteiger partial charge on any atom is 0.178 e. The molecule has 27 heavy (non-hydrogen) atoms. The molecule has 0 unspecified atom stereocenters. The highest BCUT2D eigenvalue weighted by molar-refractivity contribution is 6.01. The maximum atomic E-state index is 15.2. The molecule has 5 heteroatoms. The fourth-order valence-electron chi connectivity index (χ4n) is 7.49. The minimum Gasteiger partial charge on any atom is -0.393 e. The molecule has 3 saturated carbocycles. The predicted molar refractivity (Wildman–Crippen MR) is 98.4 cm³/mol. The van der Waals surface area contributed by atoms with E-state index >= 15 is 4.39 Å². The lowest BCUT2D eigenvalue weighted by molar-refractivity contribution is -0.144. The molecule has 0 bridgehead atoms. The van der Waals surface area contributed by atoms with Crippen LogP contribution in [0.25, 0.3) is 0 Å². The van der Waals surface area contributed by atoms with Crippen molar-refractivity contribution in [2.75, 3.05) is 6.61 Å². The molecule has 148 valence electrons. The van der Waals surface area contributed by atoms with Crippen LogP contribution < -0.4 is 0 Å². The Morgan fingerprint density at radius 3 is 2.70 bits per heavy atom. The molecular weight excluding hydrogens is 347 g/mol. The quantitative estimate of drug-likeness (QED) is 0.777. The monoisotopic (exact) mass is 376 g/mol. The number of Topliss-reactive ketones (excluding diaryl/α,β-unsaturated/α-hetero) is 1. The van der Waals surface area contributed by atoms with Crippen molar-refractivity contribution in [2.24, 2.45) is 40.4 Å². The predicted octanol–water partition coefficient (Wildman–Crippen LogP) is 2.64. The van der Waals surface area contributed by atoms with E-state index in [1.54, 1.807) is 6.08 Å². The maximum absolute atomic E-state index is 15.2. The van der Waals surface area contributed by atoms with Gasteiger partial charge in [-0.2, -0.15) is 0 Å². The highest BCUT2D eigenvalue weighted by atomic mass is 19.1. The van der Waals surface area contributed by atoms with E-state index in [1.807, 2.05) is 20.8 Å². The van der Waals surface area contributed by atoms with Crippen molar-refractivity contribution >= 4 is 11.6 Å². The second-order valence-electron chi connectivity index (χ2n) is 9.71. The van der Waals surface area contributed by atoms with Crippen LogP contribution in [0, 0.1) is 40.4 Å². The third-order valence-corrected chi connectivity index (χ3v) is 8.32. The van der Waals surface area contributed by atoms with Gasteiger partial charge < -0.3 is 10.2 Å². The molecule has 0 heterocycles. The molecule has 0 aliphatic heterocycles. The van der Waals surface area contributed by atoms with E-state index in [0.29, 0.717) is 12.0 Å². The molecule has 0 radical (unpaired) electrons. The topological polar surface area (TPSA) is 74.6 Å². The van der Waals surface area contributed by atoms with Crippen molar-refractivity contribution < 1.29 is 24.2 Å². The van der Waals surface area contributed by atoms with Gasteiger partial charge in [0.2, 0.25) is 0 Å². The van der Waals surface area contributed by atoms with Crippen LogP contribution >= 0.6 is 0 Å². The van der Waals surface area contributed by atoms with Crippen molar-refractivity contribution in [1.29, 1.82) is 0 Å². The summed E-state index contributed by atoms with van der Waals surface area (Å²) in [6, 6.07) is 0. The number of hydrogen-bond donors (Lipinski definition) is 2. The SMILES string of the molecule is C[C@@H]1C[C@H]2[C@@H]3C[C@@H](F)C4=CC(=O)C=C[C@]4(C)[C@H]3[C@H](O)C[C@]2(C)[C@H]1C(=O)CO. The average molecular weight is 376 g/mol. The van der Waals surface area contributed by atoms with Gasteiger partial charge in [0.15, 0.2) is 11.6 Å². The third-order valence-electron chi connectivity index (χ3n) is 8.32. The highest BCUT2D eigenvalue weighted by Crippen LogP contribution is 2.67. The molecule has 4 rings (SSSR count). The molecule has 4 aliphatic carbocycles. The Hall–Kier alpha value is -1.33. The summed E-state index contributed by atoms with van der Waals surface area (Å²) in [7, 11) is 0. The van der Waals surface area contributed by atoms with Gasteiger partial charge in [0.05, 0.1) is 6.10 Å². The van der Waals surface area contributed by atoms with E-state index < -0.39 is 29.7 Å². The normalized spacial score (nSPS) is 51.3. The number of alkyl halides is 1. The molecule has 0 spiro atoms. The van der Waals surface area contributed by atoms with Gasteiger partial charge in [-0.1, -0.05) is 26.8 Å². The van der Waals surface area contributed by atoms with Crippen LogP contribution in [0.3, 0.4) is 0 Å². The summed E-state index contributed by atoms with van der Waals surface area (Å²) >= 11 is 0. The Bertz CT molecular complexity index is 743. The zero-order valence-electron chi connectivity index (χ0n) is 16.2. The zero-order valence-corrected chi connectivity index (χ0v) is 16.2. The Morgan fingerprint density at radius 2 is 2.04 bits per heavy atom. The van der Waals surface area contributed by atoms with E-state index in [9.17, 15) is 19.8 Å². The van der Waals surface area contributed by atoms with Gasteiger partial charge in [0.25, 0.3) is 0 Å². The van der Waals surface area contributed by atoms with Gasteiger partial charge in [-0.05, 0) is 60.2 Å². The summed E-state index contributed by atoms with van der Waals surface area (Å²) in [6.07, 6.45) is 4.39. The molecule has 4 nitrogen and oxygen atoms in total. The smallest absolute Gasteiger partial charge is 0.178 e. The van der Waals surface area contributed by atoms with Gasteiger partial charge in [0, 0.05) is 17.3 Å². The minimum atomic E-state index is -1.21. The largest absolute Gasteiger partial charge is 0.393 e. The Labute approximate surface area is 159 Å². The lowest BCUT2D eigenvalue weighted by Crippen LogP contribution is -2.58. The Kier molecular flexibility index (Phi) is 4.28. The van der Waals surface area contributed by atoms with Crippen LogP contribution in [0.5, 0.6) is 0 Å². The standard InChI is InChI=1S/C22H29FO4/c1-11-6-14-13-8-16(23)15-7-12(25)4-5-21(15,2)20(13)17(26)9-22(14,3)19(11)18(27)10-24/h4-5,7,11,13-14,16-17,19-20,24,26H,6,8-10H2,1-3H3/t11-,13+,14+,16-,17-,19-,20-,21+,22+/m1/s1. The van der Waals surface area contributed by atoms with E-state index in [-0.39, 0.29) is 47.6 Å². The first-order valence-corrected chi connectivity index (χ1v) is 10.0. The molecule has 0 aromatic carbocycles. The summed E-state index contributed by atoms with van der Waals surface area (Å²) in [6.45, 7) is 5.53. The lowest BCUT2D eigenvalue weighted by Gasteiger charge is -2.59. The second kappa shape index (κ2) is 6.08. The molecule has 2 N–H and O–H groups in total. The second-order valence-corrected chi connectivity index (χ2v) is 9.71. The van der Waals surface area contributed by atoms with Crippen LogP contribution in [0.2, 0.25) is 0 Å². The number of fused-ring (bicyclic) bond motifs is 5. The van der Waals surface area contributed by atoms with Crippen LogP contribution in [0.15, 0.2) is 23.8 Å². The minimum absolute atomic E-state index is 0.0484. The molecule has 3 fully saturated rings. The number of carbonyl (C=O) groups excluding carboxylic acids is 2. The molecule has 0 amide bonds. The van der Waals surface area contributed by atoms with Crippen molar-refractivity contribution in [3.05, 3.63) is 23.8 Å². The number of hydrogen-bond acceptors (Lipinski definition) is 4. The van der Waals surface area contributed by atoms with Gasteiger partial charge in [0.1, 0.15) is 12.8 Å². The molecule has 0 aromatic rings. The number of carbonyl (C=O) groups is 2. The highest BCUT2D eigenvalue weighted by Gasteiger charge is 2.65. The first-order valence-electron chi connectivity index (χ1n) is 10.0. The third kappa shape index (κ3) is 2.47. The number of halogens is 1. The molecule has 0 aromatic heterocycles. The van der Waals surface area contributed by atoms with E-state index in [2.05, 4.69) is 0 Å². The van der Waals surface area contributed by atoms with Crippen LogP contribution in [-0.4, -0.2) is 40.7 Å². The zero-order chi connectivity index (χ0) is 19.7. The van der Waals surface area contributed by atoms with Crippen molar-refractivity contribution in [1.82, 2.24) is 0 Å². The van der Waals surface area contributed by atoms with Gasteiger partial charge in [-0.25, -0.2) is 4.39 Å². The molecule has 0 saturated heterocycles. The number of rotatable bonds is 2. The van der Waals surface area contributed by atoms with E-state index in [4.69, 9.17) is 0 Å². The van der Waals surface area contributed by atoms with E-state index in [0.717, 1.165) is 6.42 Å². The Balaban J connectivity index is 1.77. The fraction of sp³-hybridized carbons (Fsp3) is 0.727. The summed E-state index contributed by atoms with van der Waals surface area (Å²) in [5, 5.41) is 20.6. The Morgan fingerprint density at radius 1 is 1.33 bits per heavy atom. The first kappa shape index (κ1) is 19.0. The fourth-order valence-corrected chi connectivity index (χ4v) is 7.49. The summed E-state index contributed by atoms with van der Waals surface area (Å²) in [5.41, 5.74) is -0.599. The van der Waals surface area contributed by atoms with Crippen molar-refractivity contribution in [3.63, 3.8) is 0 Å². The van der Waals surface area contributed by atoms with Crippen LogP contribution in [0.4, 0.5) is 4.39 Å². The number of aliphatic hydroxyl groups excluding tert-OH is 2. The molecular formula is C22H29FO4. The summed E-state index contributed by atoms with van der Waals surface area (Å²) < 4.78 is 15.2.